The van der Waals surface area contributed by atoms with Gasteiger partial charge >= 0.3 is 0 Å². The van der Waals surface area contributed by atoms with Gasteiger partial charge in [-0.2, -0.15) is 5.10 Å². The molecule has 0 unspecified atom stereocenters. The number of carbonyl (C=O) groups excluding carboxylic acids is 1. The van der Waals surface area contributed by atoms with Crippen LogP contribution in [0.5, 0.6) is 0 Å². The Labute approximate surface area is 131 Å². The van der Waals surface area contributed by atoms with Crippen molar-refractivity contribution in [3.8, 4) is 0 Å². The van der Waals surface area contributed by atoms with Crippen molar-refractivity contribution in [2.45, 2.75) is 6.92 Å². The number of nitro groups is 1. The molecule has 0 saturated carbocycles. The smallest absolute Gasteiger partial charge is 0.267 e. The fraction of sp³-hybridized carbons (Fsp3) is 0.0667. The van der Waals surface area contributed by atoms with Gasteiger partial charge in [0, 0.05) is 11.6 Å². The highest BCUT2D eigenvalue weighted by Gasteiger charge is 2.15. The number of aryl methyl sites for hydroxylation is 1. The maximum absolute atomic E-state index is 11.9. The van der Waals surface area contributed by atoms with Crippen LogP contribution in [0, 0.1) is 17.0 Å². The van der Waals surface area contributed by atoms with Gasteiger partial charge in [0.1, 0.15) is 5.02 Å². The third-order valence-electron chi connectivity index (χ3n) is 2.83. The van der Waals surface area contributed by atoms with Gasteiger partial charge in [-0.25, -0.2) is 5.43 Å². The average molecular weight is 318 g/mol. The van der Waals surface area contributed by atoms with Gasteiger partial charge in [0.2, 0.25) is 0 Å². The fourth-order valence-electron chi connectivity index (χ4n) is 1.77. The summed E-state index contributed by atoms with van der Waals surface area (Å²) in [6, 6.07) is 11.4. The molecule has 2 aromatic carbocycles. The molecule has 0 heterocycles. The SMILES string of the molecule is Cc1cccc(/C=N/NC(=O)c2ccc(Cl)c([N+](=O)[O-])c2)c1. The molecule has 0 spiro atoms. The van der Waals surface area contributed by atoms with E-state index in [1.165, 1.54) is 18.3 Å². The number of benzene rings is 2. The third-order valence-corrected chi connectivity index (χ3v) is 3.15. The number of hydrogen-bond acceptors (Lipinski definition) is 4. The second-order valence-corrected chi connectivity index (χ2v) is 4.94. The zero-order valence-electron chi connectivity index (χ0n) is 11.6. The van der Waals surface area contributed by atoms with Crippen LogP contribution in [-0.4, -0.2) is 17.0 Å². The maximum atomic E-state index is 11.9. The lowest BCUT2D eigenvalue weighted by Crippen LogP contribution is -2.17. The van der Waals surface area contributed by atoms with Crippen LogP contribution in [0.1, 0.15) is 21.5 Å². The Bertz CT molecular complexity index is 759. The molecule has 0 aliphatic carbocycles. The number of nitrogens with one attached hydrogen (secondary N) is 1. The molecule has 0 aromatic heterocycles. The van der Waals surface area contributed by atoms with E-state index >= 15 is 0 Å². The molecular formula is C15H12ClN3O3. The summed E-state index contributed by atoms with van der Waals surface area (Å²) in [6.45, 7) is 1.95. The van der Waals surface area contributed by atoms with Gasteiger partial charge in [0.15, 0.2) is 0 Å². The number of amides is 1. The highest BCUT2D eigenvalue weighted by Crippen LogP contribution is 2.24. The molecule has 0 saturated heterocycles. The van der Waals surface area contributed by atoms with Crippen molar-refractivity contribution >= 4 is 29.4 Å². The Balaban J connectivity index is 2.09. The standard InChI is InChI=1S/C15H12ClN3O3/c1-10-3-2-4-11(7-10)9-17-18-15(20)12-5-6-13(16)14(8-12)19(21)22/h2-9H,1H3,(H,18,20)/b17-9+. The second-order valence-electron chi connectivity index (χ2n) is 4.54. The van der Waals surface area contributed by atoms with Crippen LogP contribution in [0.4, 0.5) is 5.69 Å². The normalized spacial score (nSPS) is 10.6. The van der Waals surface area contributed by atoms with Gasteiger partial charge in [0.05, 0.1) is 11.1 Å². The Morgan fingerprint density at radius 1 is 1.32 bits per heavy atom. The molecule has 6 nitrogen and oxygen atoms in total. The second kappa shape index (κ2) is 6.82. The van der Waals surface area contributed by atoms with Gasteiger partial charge < -0.3 is 0 Å². The molecule has 22 heavy (non-hydrogen) atoms. The van der Waals surface area contributed by atoms with E-state index in [0.29, 0.717) is 0 Å². The summed E-state index contributed by atoms with van der Waals surface area (Å²) in [4.78, 5) is 22.0. The van der Waals surface area contributed by atoms with E-state index in [9.17, 15) is 14.9 Å². The van der Waals surface area contributed by atoms with Gasteiger partial charge in [-0.05, 0) is 24.6 Å². The maximum Gasteiger partial charge on any atom is 0.288 e. The molecule has 2 rings (SSSR count). The van der Waals surface area contributed by atoms with Gasteiger partial charge in [-0.1, -0.05) is 41.4 Å². The summed E-state index contributed by atoms with van der Waals surface area (Å²) in [7, 11) is 0. The van der Waals surface area contributed by atoms with Crippen LogP contribution in [-0.2, 0) is 0 Å². The van der Waals surface area contributed by atoms with E-state index in [1.54, 1.807) is 0 Å². The number of hydrogen-bond donors (Lipinski definition) is 1. The topological polar surface area (TPSA) is 84.6 Å². The Morgan fingerprint density at radius 2 is 2.09 bits per heavy atom. The number of rotatable bonds is 4. The van der Waals surface area contributed by atoms with Gasteiger partial charge in [-0.15, -0.1) is 0 Å². The highest BCUT2D eigenvalue weighted by atomic mass is 35.5. The molecule has 1 N–H and O–H groups in total. The average Bonchev–Trinajstić information content (AvgIpc) is 2.47. The molecule has 0 radical (unpaired) electrons. The number of carbonyl (C=O) groups is 1. The summed E-state index contributed by atoms with van der Waals surface area (Å²) in [6.07, 6.45) is 1.50. The van der Waals surface area contributed by atoms with E-state index in [0.717, 1.165) is 17.2 Å². The monoisotopic (exact) mass is 317 g/mol. The number of hydrazone groups is 1. The molecule has 0 bridgehead atoms. The van der Waals surface area contributed by atoms with Crippen molar-refractivity contribution in [3.63, 3.8) is 0 Å². The summed E-state index contributed by atoms with van der Waals surface area (Å²) in [5, 5.41) is 14.6. The van der Waals surface area contributed by atoms with Gasteiger partial charge in [0.25, 0.3) is 11.6 Å². The molecule has 7 heteroatoms. The van der Waals surface area contributed by atoms with Crippen molar-refractivity contribution in [2.75, 3.05) is 0 Å². The lowest BCUT2D eigenvalue weighted by atomic mass is 10.2. The molecule has 1 amide bonds. The molecule has 112 valence electrons. The van der Waals surface area contributed by atoms with Crippen LogP contribution in [0.25, 0.3) is 0 Å². The number of halogens is 1. The minimum Gasteiger partial charge on any atom is -0.267 e. The van der Waals surface area contributed by atoms with E-state index in [2.05, 4.69) is 10.5 Å². The van der Waals surface area contributed by atoms with Crippen molar-refractivity contribution in [1.29, 1.82) is 0 Å². The van der Waals surface area contributed by atoms with E-state index in [1.807, 2.05) is 31.2 Å². The Morgan fingerprint density at radius 3 is 2.77 bits per heavy atom. The summed E-state index contributed by atoms with van der Waals surface area (Å²) >= 11 is 5.69. The molecule has 2 aromatic rings. The quantitative estimate of drug-likeness (QED) is 0.533. The Hall–Kier alpha value is -2.73. The zero-order chi connectivity index (χ0) is 16.1. The van der Waals surface area contributed by atoms with Crippen molar-refractivity contribution in [2.24, 2.45) is 5.10 Å². The van der Waals surface area contributed by atoms with E-state index in [4.69, 9.17) is 11.6 Å². The van der Waals surface area contributed by atoms with Crippen LogP contribution < -0.4 is 5.43 Å². The van der Waals surface area contributed by atoms with Gasteiger partial charge in [-0.3, -0.25) is 14.9 Å². The first-order valence-corrected chi connectivity index (χ1v) is 6.69. The van der Waals surface area contributed by atoms with Crippen LogP contribution in [0.15, 0.2) is 47.6 Å². The summed E-state index contributed by atoms with van der Waals surface area (Å²) in [5.74, 6) is -0.552. The molecule has 0 aliphatic heterocycles. The first kappa shape index (κ1) is 15.7. The number of nitrogens with zero attached hydrogens (tertiary/aromatic N) is 2. The van der Waals surface area contributed by atoms with Crippen LogP contribution in [0.2, 0.25) is 5.02 Å². The lowest BCUT2D eigenvalue weighted by molar-refractivity contribution is -0.384. The molecular weight excluding hydrogens is 306 g/mol. The summed E-state index contributed by atoms with van der Waals surface area (Å²) in [5.41, 5.74) is 4.01. The van der Waals surface area contributed by atoms with E-state index in [-0.39, 0.29) is 16.3 Å². The Kier molecular flexibility index (Phi) is 4.85. The molecule has 0 atom stereocenters. The fourth-order valence-corrected chi connectivity index (χ4v) is 1.96. The predicted molar refractivity (Wildman–Crippen MR) is 84.3 cm³/mol. The lowest BCUT2D eigenvalue weighted by Gasteiger charge is -2.01. The third kappa shape index (κ3) is 3.89. The van der Waals surface area contributed by atoms with Crippen molar-refractivity contribution in [1.82, 2.24) is 5.43 Å². The minimum atomic E-state index is -0.644. The van der Waals surface area contributed by atoms with Crippen LogP contribution in [0.3, 0.4) is 0 Å². The van der Waals surface area contributed by atoms with Crippen molar-refractivity contribution < 1.29 is 9.72 Å². The molecule has 0 aliphatic rings. The summed E-state index contributed by atoms with van der Waals surface area (Å²) < 4.78 is 0. The van der Waals surface area contributed by atoms with Crippen LogP contribution >= 0.6 is 11.6 Å². The predicted octanol–water partition coefficient (Wildman–Crippen LogP) is 3.32. The van der Waals surface area contributed by atoms with E-state index < -0.39 is 10.8 Å². The first-order valence-electron chi connectivity index (χ1n) is 6.31. The first-order chi connectivity index (χ1) is 10.5. The zero-order valence-corrected chi connectivity index (χ0v) is 12.4. The number of nitro benzene ring substituents is 1. The largest absolute Gasteiger partial charge is 0.288 e. The van der Waals surface area contributed by atoms with Crippen molar-refractivity contribution in [3.05, 3.63) is 74.3 Å². The molecule has 0 fully saturated rings. The minimum absolute atomic E-state index is 0.0233. The highest BCUT2D eigenvalue weighted by molar-refractivity contribution is 6.32.